The van der Waals surface area contributed by atoms with Gasteiger partial charge in [0.15, 0.2) is 0 Å². The molecule has 0 amide bonds. The van der Waals surface area contributed by atoms with Crippen molar-refractivity contribution >= 4 is 18.0 Å². The third kappa shape index (κ3) is 4.74. The second-order valence-electron chi connectivity index (χ2n) is 5.62. The van der Waals surface area contributed by atoms with Crippen molar-refractivity contribution in [1.29, 1.82) is 0 Å². The van der Waals surface area contributed by atoms with Crippen LogP contribution in [0.25, 0.3) is 6.08 Å². The van der Waals surface area contributed by atoms with Crippen molar-refractivity contribution in [3.8, 4) is 5.75 Å². The summed E-state index contributed by atoms with van der Waals surface area (Å²) < 4.78 is 5.39. The molecule has 0 unspecified atom stereocenters. The van der Waals surface area contributed by atoms with Crippen LogP contribution in [-0.2, 0) is 9.59 Å². The molecular weight excluding hydrogens is 268 g/mol. The monoisotopic (exact) mass is 288 g/mol. The van der Waals surface area contributed by atoms with Gasteiger partial charge in [0, 0.05) is 6.08 Å². The fourth-order valence-electron chi connectivity index (χ4n) is 2.51. The lowest BCUT2D eigenvalue weighted by atomic mass is 9.83. The highest BCUT2D eigenvalue weighted by Gasteiger charge is 2.25. The van der Waals surface area contributed by atoms with Gasteiger partial charge in [-0.3, -0.25) is 4.79 Å². The predicted octanol–water partition coefficient (Wildman–Crippen LogP) is 3.52. The Hall–Kier alpha value is -2.10. The standard InChI is InChI=1S/C17H20O4/c1-12-2-7-14(8-3-12)17(20)21-15-9-4-13(5-10-15)6-11-16(18)19/h4-6,9-12,14H,2-3,7-8H2,1H3,(H,18,19)/b11-6+. The fraction of sp³-hybridized carbons (Fsp3) is 0.412. The first kappa shape index (κ1) is 15.3. The molecular formula is C17H20O4. The minimum absolute atomic E-state index is 0.00721. The molecule has 0 aliphatic heterocycles. The molecule has 4 heteroatoms. The van der Waals surface area contributed by atoms with Crippen LogP contribution >= 0.6 is 0 Å². The zero-order valence-corrected chi connectivity index (χ0v) is 12.1. The normalized spacial score (nSPS) is 22.1. The first-order valence-corrected chi connectivity index (χ1v) is 7.27. The summed E-state index contributed by atoms with van der Waals surface area (Å²) in [5, 5.41) is 8.56. The molecule has 1 fully saturated rings. The molecule has 0 spiro atoms. The van der Waals surface area contributed by atoms with E-state index >= 15 is 0 Å². The average molecular weight is 288 g/mol. The Labute approximate surface area is 124 Å². The van der Waals surface area contributed by atoms with E-state index in [0.29, 0.717) is 11.7 Å². The molecule has 1 N–H and O–H groups in total. The summed E-state index contributed by atoms with van der Waals surface area (Å²) >= 11 is 0. The number of hydrogen-bond acceptors (Lipinski definition) is 3. The predicted molar refractivity (Wildman–Crippen MR) is 79.9 cm³/mol. The van der Waals surface area contributed by atoms with Crippen molar-refractivity contribution in [2.45, 2.75) is 32.6 Å². The lowest BCUT2D eigenvalue weighted by Crippen LogP contribution is -2.24. The van der Waals surface area contributed by atoms with E-state index in [1.807, 2.05) is 0 Å². The minimum atomic E-state index is -0.989. The maximum absolute atomic E-state index is 12.1. The van der Waals surface area contributed by atoms with E-state index < -0.39 is 5.97 Å². The second kappa shape index (κ2) is 7.07. The van der Waals surface area contributed by atoms with Crippen LogP contribution in [0, 0.1) is 11.8 Å². The summed E-state index contributed by atoms with van der Waals surface area (Å²) in [5.74, 6) is 0.0704. The van der Waals surface area contributed by atoms with Gasteiger partial charge in [-0.2, -0.15) is 0 Å². The maximum atomic E-state index is 12.1. The van der Waals surface area contributed by atoms with E-state index in [1.54, 1.807) is 24.3 Å². The van der Waals surface area contributed by atoms with Crippen LogP contribution in [0.5, 0.6) is 5.75 Å². The van der Waals surface area contributed by atoms with E-state index in [1.165, 1.54) is 6.08 Å². The number of carbonyl (C=O) groups is 2. The largest absolute Gasteiger partial charge is 0.478 e. The highest BCUT2D eigenvalue weighted by molar-refractivity contribution is 5.85. The Morgan fingerprint density at radius 1 is 1.14 bits per heavy atom. The van der Waals surface area contributed by atoms with Gasteiger partial charge in [0.25, 0.3) is 0 Å². The van der Waals surface area contributed by atoms with E-state index in [-0.39, 0.29) is 11.9 Å². The zero-order chi connectivity index (χ0) is 15.2. The number of benzene rings is 1. The van der Waals surface area contributed by atoms with Crippen LogP contribution < -0.4 is 4.74 Å². The van der Waals surface area contributed by atoms with Crippen LogP contribution in [0.1, 0.15) is 38.2 Å². The van der Waals surface area contributed by atoms with Crippen LogP contribution in [0.15, 0.2) is 30.3 Å². The Morgan fingerprint density at radius 3 is 2.33 bits per heavy atom. The first-order valence-electron chi connectivity index (χ1n) is 7.27. The van der Waals surface area contributed by atoms with Crippen molar-refractivity contribution in [1.82, 2.24) is 0 Å². The Kier molecular flexibility index (Phi) is 5.14. The molecule has 0 heterocycles. The average Bonchev–Trinajstić information content (AvgIpc) is 2.47. The number of carbonyl (C=O) groups excluding carboxylic acids is 1. The van der Waals surface area contributed by atoms with Crippen LogP contribution in [0.3, 0.4) is 0 Å². The highest BCUT2D eigenvalue weighted by Crippen LogP contribution is 2.29. The van der Waals surface area contributed by atoms with Crippen LogP contribution in [0.4, 0.5) is 0 Å². The number of carboxylic acid groups (broad SMARTS) is 1. The van der Waals surface area contributed by atoms with Gasteiger partial charge in [0.05, 0.1) is 5.92 Å². The summed E-state index contributed by atoms with van der Waals surface area (Å²) in [6, 6.07) is 6.83. The molecule has 112 valence electrons. The minimum Gasteiger partial charge on any atom is -0.478 e. The molecule has 0 aromatic heterocycles. The van der Waals surface area contributed by atoms with Gasteiger partial charge in [0.1, 0.15) is 5.75 Å². The molecule has 21 heavy (non-hydrogen) atoms. The van der Waals surface area contributed by atoms with Gasteiger partial charge in [-0.15, -0.1) is 0 Å². The third-order valence-corrected chi connectivity index (χ3v) is 3.87. The van der Waals surface area contributed by atoms with E-state index in [0.717, 1.165) is 37.3 Å². The van der Waals surface area contributed by atoms with Crippen molar-refractivity contribution < 1.29 is 19.4 Å². The molecule has 4 nitrogen and oxygen atoms in total. The van der Waals surface area contributed by atoms with Crippen LogP contribution in [-0.4, -0.2) is 17.0 Å². The van der Waals surface area contributed by atoms with Gasteiger partial charge in [0.2, 0.25) is 0 Å². The third-order valence-electron chi connectivity index (χ3n) is 3.87. The van der Waals surface area contributed by atoms with E-state index in [2.05, 4.69) is 6.92 Å². The number of rotatable bonds is 4. The first-order chi connectivity index (χ1) is 10.0. The second-order valence-corrected chi connectivity index (χ2v) is 5.62. The molecule has 2 rings (SSSR count). The van der Waals surface area contributed by atoms with Crippen molar-refractivity contribution in [2.75, 3.05) is 0 Å². The lowest BCUT2D eigenvalue weighted by Gasteiger charge is -2.24. The number of esters is 1. The Balaban J connectivity index is 1.91. The molecule has 1 saturated carbocycles. The van der Waals surface area contributed by atoms with Gasteiger partial charge in [-0.25, -0.2) is 4.79 Å². The van der Waals surface area contributed by atoms with E-state index in [4.69, 9.17) is 9.84 Å². The summed E-state index contributed by atoms with van der Waals surface area (Å²) in [5.41, 5.74) is 0.753. The summed E-state index contributed by atoms with van der Waals surface area (Å²) in [4.78, 5) is 22.5. The quantitative estimate of drug-likeness (QED) is 0.523. The van der Waals surface area contributed by atoms with Gasteiger partial charge < -0.3 is 9.84 Å². The van der Waals surface area contributed by atoms with Crippen molar-refractivity contribution in [2.24, 2.45) is 11.8 Å². The lowest BCUT2D eigenvalue weighted by molar-refractivity contribution is -0.140. The Bertz CT molecular complexity index is 522. The van der Waals surface area contributed by atoms with Crippen LogP contribution in [0.2, 0.25) is 0 Å². The van der Waals surface area contributed by atoms with Crippen molar-refractivity contribution in [3.05, 3.63) is 35.9 Å². The van der Waals surface area contributed by atoms with Gasteiger partial charge in [-0.05, 0) is 55.4 Å². The smallest absolute Gasteiger partial charge is 0.328 e. The molecule has 0 saturated heterocycles. The summed E-state index contributed by atoms with van der Waals surface area (Å²) in [7, 11) is 0. The fourth-order valence-corrected chi connectivity index (χ4v) is 2.51. The molecule has 1 aliphatic rings. The zero-order valence-electron chi connectivity index (χ0n) is 12.1. The number of ether oxygens (including phenoxy) is 1. The maximum Gasteiger partial charge on any atom is 0.328 e. The Morgan fingerprint density at radius 2 is 1.76 bits per heavy atom. The van der Waals surface area contributed by atoms with Crippen molar-refractivity contribution in [3.63, 3.8) is 0 Å². The van der Waals surface area contributed by atoms with E-state index in [9.17, 15) is 9.59 Å². The molecule has 0 atom stereocenters. The molecule has 1 aromatic carbocycles. The van der Waals surface area contributed by atoms with Gasteiger partial charge in [-0.1, -0.05) is 19.1 Å². The van der Waals surface area contributed by atoms with Gasteiger partial charge >= 0.3 is 11.9 Å². The molecule has 0 radical (unpaired) electrons. The molecule has 0 bridgehead atoms. The molecule has 1 aromatic rings. The highest BCUT2D eigenvalue weighted by atomic mass is 16.5. The number of carboxylic acids is 1. The molecule has 1 aliphatic carbocycles. The summed E-state index contributed by atoms with van der Waals surface area (Å²) in [6.07, 6.45) is 6.54. The topological polar surface area (TPSA) is 63.6 Å². The SMILES string of the molecule is CC1CCC(C(=O)Oc2ccc(/C=C/C(=O)O)cc2)CC1. The number of aliphatic carboxylic acids is 1. The number of hydrogen-bond donors (Lipinski definition) is 1. The summed E-state index contributed by atoms with van der Waals surface area (Å²) in [6.45, 7) is 2.21.